The summed E-state index contributed by atoms with van der Waals surface area (Å²) < 4.78 is 5.68. The largest absolute Gasteiger partial charge is 0.491 e. The lowest BCUT2D eigenvalue weighted by molar-refractivity contribution is -0.129. The minimum absolute atomic E-state index is 0.0106. The van der Waals surface area contributed by atoms with E-state index in [2.05, 4.69) is 11.9 Å². The van der Waals surface area contributed by atoms with Gasteiger partial charge in [0, 0.05) is 32.0 Å². The summed E-state index contributed by atoms with van der Waals surface area (Å²) in [7, 11) is 0. The van der Waals surface area contributed by atoms with E-state index in [1.165, 1.54) is 0 Å². The SMILES string of the molecule is C=CCNC(=O)CCc1ccc2c(c1)CN(C(C)=O)CCO2. The summed E-state index contributed by atoms with van der Waals surface area (Å²) in [6.45, 7) is 7.29. The molecule has 1 heterocycles. The fourth-order valence-corrected chi connectivity index (χ4v) is 2.40. The maximum absolute atomic E-state index is 11.6. The number of benzene rings is 1. The zero-order valence-electron chi connectivity index (χ0n) is 12.9. The van der Waals surface area contributed by atoms with Gasteiger partial charge in [-0.3, -0.25) is 9.59 Å². The fraction of sp³-hybridized carbons (Fsp3) is 0.412. The quantitative estimate of drug-likeness (QED) is 0.842. The molecule has 0 aromatic heterocycles. The number of aryl methyl sites for hydroxylation is 1. The molecule has 0 radical (unpaired) electrons. The van der Waals surface area contributed by atoms with E-state index < -0.39 is 0 Å². The Morgan fingerprint density at radius 3 is 3.00 bits per heavy atom. The highest BCUT2D eigenvalue weighted by Gasteiger charge is 2.17. The fourth-order valence-electron chi connectivity index (χ4n) is 2.40. The van der Waals surface area contributed by atoms with Gasteiger partial charge < -0.3 is 15.0 Å². The Morgan fingerprint density at radius 2 is 2.27 bits per heavy atom. The lowest BCUT2D eigenvalue weighted by Gasteiger charge is -2.17. The summed E-state index contributed by atoms with van der Waals surface area (Å²) in [5, 5.41) is 2.76. The first-order valence-electron chi connectivity index (χ1n) is 7.48. The molecule has 5 nitrogen and oxygen atoms in total. The normalized spacial score (nSPS) is 13.6. The van der Waals surface area contributed by atoms with Crippen molar-refractivity contribution in [3.8, 4) is 5.75 Å². The molecule has 0 saturated carbocycles. The monoisotopic (exact) mass is 302 g/mol. The second kappa shape index (κ2) is 7.64. The highest BCUT2D eigenvalue weighted by atomic mass is 16.5. The van der Waals surface area contributed by atoms with Gasteiger partial charge in [0.05, 0.1) is 6.54 Å². The van der Waals surface area contributed by atoms with E-state index in [4.69, 9.17) is 4.74 Å². The van der Waals surface area contributed by atoms with Crippen molar-refractivity contribution < 1.29 is 14.3 Å². The van der Waals surface area contributed by atoms with Crippen LogP contribution in [0.25, 0.3) is 0 Å². The van der Waals surface area contributed by atoms with Crippen LogP contribution >= 0.6 is 0 Å². The third kappa shape index (κ3) is 4.35. The maximum atomic E-state index is 11.6. The third-order valence-corrected chi connectivity index (χ3v) is 3.63. The summed E-state index contributed by atoms with van der Waals surface area (Å²) in [6, 6.07) is 5.93. The molecule has 5 heteroatoms. The maximum Gasteiger partial charge on any atom is 0.220 e. The molecule has 1 aliphatic rings. The number of carbonyl (C=O) groups is 2. The lowest BCUT2D eigenvalue weighted by Crippen LogP contribution is -2.30. The molecule has 0 spiro atoms. The van der Waals surface area contributed by atoms with Gasteiger partial charge in [-0.25, -0.2) is 0 Å². The summed E-state index contributed by atoms with van der Waals surface area (Å²) in [4.78, 5) is 25.0. The van der Waals surface area contributed by atoms with E-state index in [9.17, 15) is 9.59 Å². The Bertz CT molecular complexity index is 569. The van der Waals surface area contributed by atoms with E-state index in [1.807, 2.05) is 18.2 Å². The topological polar surface area (TPSA) is 58.6 Å². The van der Waals surface area contributed by atoms with Crippen LogP contribution in [0.3, 0.4) is 0 Å². The second-order valence-electron chi connectivity index (χ2n) is 5.32. The van der Waals surface area contributed by atoms with Crippen LogP contribution in [0, 0.1) is 0 Å². The lowest BCUT2D eigenvalue weighted by atomic mass is 10.0. The predicted molar refractivity (Wildman–Crippen MR) is 84.6 cm³/mol. The molecule has 118 valence electrons. The molecular formula is C17H22N2O3. The second-order valence-corrected chi connectivity index (χ2v) is 5.32. The van der Waals surface area contributed by atoms with Gasteiger partial charge in [0.2, 0.25) is 11.8 Å². The van der Waals surface area contributed by atoms with Crippen molar-refractivity contribution in [3.05, 3.63) is 42.0 Å². The van der Waals surface area contributed by atoms with Gasteiger partial charge >= 0.3 is 0 Å². The summed E-state index contributed by atoms with van der Waals surface area (Å²) in [6.07, 6.45) is 2.76. The van der Waals surface area contributed by atoms with Crippen molar-refractivity contribution >= 4 is 11.8 Å². The minimum Gasteiger partial charge on any atom is -0.491 e. The Balaban J connectivity index is 2.02. The van der Waals surface area contributed by atoms with Gasteiger partial charge in [-0.2, -0.15) is 0 Å². The van der Waals surface area contributed by atoms with Crippen molar-refractivity contribution in [2.75, 3.05) is 19.7 Å². The van der Waals surface area contributed by atoms with Gasteiger partial charge in [0.1, 0.15) is 12.4 Å². The molecule has 2 amide bonds. The van der Waals surface area contributed by atoms with Crippen LogP contribution in [-0.4, -0.2) is 36.4 Å². The van der Waals surface area contributed by atoms with Gasteiger partial charge in [-0.15, -0.1) is 6.58 Å². The number of hydrogen-bond acceptors (Lipinski definition) is 3. The van der Waals surface area contributed by atoms with Crippen LogP contribution in [0.5, 0.6) is 5.75 Å². The van der Waals surface area contributed by atoms with Crippen LogP contribution < -0.4 is 10.1 Å². The van der Waals surface area contributed by atoms with Crippen LogP contribution in [-0.2, 0) is 22.6 Å². The zero-order chi connectivity index (χ0) is 15.9. The van der Waals surface area contributed by atoms with Crippen LogP contribution in [0.4, 0.5) is 0 Å². The molecule has 1 N–H and O–H groups in total. The highest BCUT2D eigenvalue weighted by molar-refractivity contribution is 5.76. The standard InChI is InChI=1S/C17H22N2O3/c1-3-8-18-17(21)7-5-14-4-6-16-15(11-14)12-19(13(2)20)9-10-22-16/h3-4,6,11H,1,5,7-10,12H2,2H3,(H,18,21). The first kappa shape index (κ1) is 16.1. The summed E-state index contributed by atoms with van der Waals surface area (Å²) >= 11 is 0. The number of fused-ring (bicyclic) bond motifs is 1. The molecule has 0 bridgehead atoms. The highest BCUT2D eigenvalue weighted by Crippen LogP contribution is 2.25. The summed E-state index contributed by atoms with van der Waals surface area (Å²) in [5.41, 5.74) is 2.07. The molecule has 1 aromatic rings. The van der Waals surface area contributed by atoms with E-state index in [1.54, 1.807) is 17.9 Å². The van der Waals surface area contributed by atoms with Gasteiger partial charge in [-0.05, 0) is 18.1 Å². The van der Waals surface area contributed by atoms with Crippen molar-refractivity contribution in [3.63, 3.8) is 0 Å². The molecular weight excluding hydrogens is 280 g/mol. The number of carbonyl (C=O) groups excluding carboxylic acids is 2. The van der Waals surface area contributed by atoms with Gasteiger partial charge in [0.25, 0.3) is 0 Å². The van der Waals surface area contributed by atoms with Crippen molar-refractivity contribution in [1.82, 2.24) is 10.2 Å². The first-order chi connectivity index (χ1) is 10.6. The number of rotatable bonds is 5. The van der Waals surface area contributed by atoms with Crippen molar-refractivity contribution in [2.45, 2.75) is 26.3 Å². The van der Waals surface area contributed by atoms with E-state index in [0.29, 0.717) is 39.1 Å². The van der Waals surface area contributed by atoms with E-state index in [-0.39, 0.29) is 11.8 Å². The average Bonchev–Trinajstić information content (AvgIpc) is 2.72. The molecule has 0 atom stereocenters. The third-order valence-electron chi connectivity index (χ3n) is 3.63. The first-order valence-corrected chi connectivity index (χ1v) is 7.48. The Morgan fingerprint density at radius 1 is 1.45 bits per heavy atom. The van der Waals surface area contributed by atoms with Gasteiger partial charge in [-0.1, -0.05) is 18.2 Å². The molecule has 0 saturated heterocycles. The Kier molecular flexibility index (Phi) is 5.58. The molecule has 1 aromatic carbocycles. The summed E-state index contributed by atoms with van der Waals surface area (Å²) in [5.74, 6) is 0.880. The number of hydrogen-bond donors (Lipinski definition) is 1. The molecule has 0 unspecified atom stereocenters. The van der Waals surface area contributed by atoms with Gasteiger partial charge in [0.15, 0.2) is 0 Å². The van der Waals surface area contributed by atoms with E-state index >= 15 is 0 Å². The molecule has 22 heavy (non-hydrogen) atoms. The predicted octanol–water partition coefficient (Wildman–Crippen LogP) is 1.66. The molecule has 2 rings (SSSR count). The number of nitrogens with one attached hydrogen (secondary N) is 1. The smallest absolute Gasteiger partial charge is 0.220 e. The van der Waals surface area contributed by atoms with E-state index in [0.717, 1.165) is 16.9 Å². The minimum atomic E-state index is 0.0106. The number of amides is 2. The van der Waals surface area contributed by atoms with Crippen LogP contribution in [0.2, 0.25) is 0 Å². The Hall–Kier alpha value is -2.30. The average molecular weight is 302 g/mol. The Labute approximate surface area is 130 Å². The number of ether oxygens (including phenoxy) is 1. The molecule has 0 fully saturated rings. The molecule has 1 aliphatic heterocycles. The number of nitrogens with zero attached hydrogens (tertiary/aromatic N) is 1. The van der Waals surface area contributed by atoms with Crippen molar-refractivity contribution in [2.24, 2.45) is 0 Å². The zero-order valence-corrected chi connectivity index (χ0v) is 12.9. The van der Waals surface area contributed by atoms with Crippen molar-refractivity contribution in [1.29, 1.82) is 0 Å². The van der Waals surface area contributed by atoms with Crippen LogP contribution in [0.15, 0.2) is 30.9 Å². The molecule has 0 aliphatic carbocycles. The van der Waals surface area contributed by atoms with Crippen LogP contribution in [0.1, 0.15) is 24.5 Å².